The van der Waals surface area contributed by atoms with Gasteiger partial charge in [0.15, 0.2) is 12.2 Å². The molecule has 0 aliphatic rings. The predicted molar refractivity (Wildman–Crippen MR) is 98.1 cm³/mol. The van der Waals surface area contributed by atoms with E-state index in [0.717, 1.165) is 5.69 Å². The second kappa shape index (κ2) is 8.36. The molecule has 0 fully saturated rings. The third-order valence-corrected chi connectivity index (χ3v) is 4.05. The highest BCUT2D eigenvalue weighted by molar-refractivity contribution is 5.96. The van der Waals surface area contributed by atoms with Crippen LogP contribution >= 0.6 is 0 Å². The molecule has 8 heteroatoms. The molecule has 2 aromatic rings. The van der Waals surface area contributed by atoms with Gasteiger partial charge in [-0.2, -0.15) is 10.4 Å². The summed E-state index contributed by atoms with van der Waals surface area (Å²) in [4.78, 5) is 24.5. The van der Waals surface area contributed by atoms with Crippen molar-refractivity contribution in [3.63, 3.8) is 0 Å². The molecule has 0 unspecified atom stereocenters. The smallest absolute Gasteiger partial charge is 0.347 e. The molecule has 8 nitrogen and oxygen atoms in total. The van der Waals surface area contributed by atoms with Gasteiger partial charge < -0.3 is 14.8 Å². The lowest BCUT2D eigenvalue weighted by Gasteiger charge is -2.18. The summed E-state index contributed by atoms with van der Waals surface area (Å²) in [6.45, 7) is 6.63. The Kier molecular flexibility index (Phi) is 6.19. The number of carbonyl (C=O) groups excluding carboxylic acids is 2. The Morgan fingerprint density at radius 1 is 1.19 bits per heavy atom. The van der Waals surface area contributed by atoms with E-state index in [0.29, 0.717) is 22.7 Å². The fraction of sp³-hybridized carbons (Fsp3) is 0.368. The molecule has 1 aromatic heterocycles. The van der Waals surface area contributed by atoms with Gasteiger partial charge in [0.25, 0.3) is 5.91 Å². The van der Waals surface area contributed by atoms with Gasteiger partial charge in [-0.25, -0.2) is 4.79 Å². The van der Waals surface area contributed by atoms with E-state index in [-0.39, 0.29) is 0 Å². The van der Waals surface area contributed by atoms with Crippen molar-refractivity contribution in [2.24, 2.45) is 7.05 Å². The van der Waals surface area contributed by atoms with Crippen LogP contribution in [-0.2, 0) is 21.4 Å². The van der Waals surface area contributed by atoms with Gasteiger partial charge in [0.2, 0.25) is 0 Å². The molecule has 1 N–H and O–H groups in total. The summed E-state index contributed by atoms with van der Waals surface area (Å²) in [5.41, 5.74) is 2.58. The Labute approximate surface area is 157 Å². The minimum absolute atomic E-state index is 0.428. The summed E-state index contributed by atoms with van der Waals surface area (Å²) >= 11 is 0. The van der Waals surface area contributed by atoms with E-state index < -0.39 is 24.1 Å². The Hall–Kier alpha value is -3.34. The number of rotatable bonds is 6. The Bertz CT molecular complexity index is 880. The molecule has 1 amide bonds. The van der Waals surface area contributed by atoms with Crippen LogP contribution in [0.4, 0.5) is 5.69 Å². The third-order valence-electron chi connectivity index (χ3n) is 4.05. The van der Waals surface area contributed by atoms with Crippen LogP contribution in [0.15, 0.2) is 24.3 Å². The molecule has 1 heterocycles. The molecule has 2 rings (SSSR count). The zero-order valence-corrected chi connectivity index (χ0v) is 15.9. The summed E-state index contributed by atoms with van der Waals surface area (Å²) in [5, 5.41) is 15.7. The molecule has 2 atom stereocenters. The summed E-state index contributed by atoms with van der Waals surface area (Å²) in [6.07, 6.45) is -1.90. The number of anilines is 1. The van der Waals surface area contributed by atoms with Crippen molar-refractivity contribution < 1.29 is 19.1 Å². The predicted octanol–water partition coefficient (Wildman–Crippen LogP) is 2.25. The fourth-order valence-corrected chi connectivity index (χ4v) is 2.36. The maximum Gasteiger partial charge on any atom is 0.347 e. The number of amides is 1. The van der Waals surface area contributed by atoms with Crippen LogP contribution in [0.1, 0.15) is 30.8 Å². The van der Waals surface area contributed by atoms with Crippen LogP contribution in [0.5, 0.6) is 5.75 Å². The number of esters is 1. The highest BCUT2D eigenvalue weighted by Gasteiger charge is 2.24. The molecule has 0 aliphatic carbocycles. The molecule has 0 spiro atoms. The first-order chi connectivity index (χ1) is 12.7. The van der Waals surface area contributed by atoms with E-state index in [4.69, 9.17) is 14.7 Å². The van der Waals surface area contributed by atoms with Crippen molar-refractivity contribution in [2.75, 3.05) is 5.32 Å². The lowest BCUT2D eigenvalue weighted by atomic mass is 10.2. The van der Waals surface area contributed by atoms with Crippen LogP contribution in [0, 0.1) is 25.2 Å². The zero-order chi connectivity index (χ0) is 20.1. The maximum atomic E-state index is 12.3. The van der Waals surface area contributed by atoms with Crippen molar-refractivity contribution in [1.82, 2.24) is 9.78 Å². The third kappa shape index (κ3) is 4.85. The van der Waals surface area contributed by atoms with E-state index in [9.17, 15) is 9.59 Å². The molecule has 0 bridgehead atoms. The molecular weight excluding hydrogens is 348 g/mol. The summed E-state index contributed by atoms with van der Waals surface area (Å²) in [7, 11) is 1.78. The van der Waals surface area contributed by atoms with E-state index in [1.807, 2.05) is 13.0 Å². The van der Waals surface area contributed by atoms with E-state index in [1.165, 1.54) is 13.8 Å². The van der Waals surface area contributed by atoms with E-state index >= 15 is 0 Å². The molecule has 142 valence electrons. The molecule has 1 aromatic carbocycles. The number of nitrogens with zero attached hydrogens (tertiary/aromatic N) is 3. The quantitative estimate of drug-likeness (QED) is 0.782. The van der Waals surface area contributed by atoms with Gasteiger partial charge in [0.05, 0.1) is 28.7 Å². The monoisotopic (exact) mass is 370 g/mol. The maximum absolute atomic E-state index is 12.3. The van der Waals surface area contributed by atoms with Crippen LogP contribution in [0.2, 0.25) is 0 Å². The van der Waals surface area contributed by atoms with Crippen LogP contribution < -0.4 is 10.1 Å². The minimum Gasteiger partial charge on any atom is -0.479 e. The SMILES string of the molecule is Cc1nn(C)c(C)c1NC(=O)[C@@H](C)OC(=O)[C@H](C)Oc1ccc(C#N)cc1. The van der Waals surface area contributed by atoms with Gasteiger partial charge in [-0.15, -0.1) is 0 Å². The standard InChI is InChI=1S/C19H22N4O4/c1-11-17(12(2)23(5)22-11)21-18(24)13(3)27-19(25)14(4)26-16-8-6-15(10-20)7-9-16/h6-9,13-14H,1-5H3,(H,21,24)/t13-,14+/m1/s1. The Balaban J connectivity index is 1.93. The van der Waals surface area contributed by atoms with Gasteiger partial charge >= 0.3 is 5.97 Å². The summed E-state index contributed by atoms with van der Waals surface area (Å²) in [5.74, 6) is -0.688. The van der Waals surface area contributed by atoms with Crippen LogP contribution in [-0.4, -0.2) is 33.9 Å². The second-order valence-corrected chi connectivity index (χ2v) is 6.13. The van der Waals surface area contributed by atoms with E-state index in [2.05, 4.69) is 10.4 Å². The van der Waals surface area contributed by atoms with Crippen molar-refractivity contribution in [3.8, 4) is 11.8 Å². The number of ether oxygens (including phenoxy) is 2. The number of benzene rings is 1. The van der Waals surface area contributed by atoms with Gasteiger partial charge in [-0.05, 0) is 52.0 Å². The largest absolute Gasteiger partial charge is 0.479 e. The number of aromatic nitrogens is 2. The van der Waals surface area contributed by atoms with Crippen molar-refractivity contribution in [2.45, 2.75) is 39.9 Å². The normalized spacial score (nSPS) is 12.6. The molecule has 0 aliphatic heterocycles. The molecule has 0 radical (unpaired) electrons. The number of aryl methyl sites for hydroxylation is 2. The number of nitrogens with one attached hydrogen (secondary N) is 1. The molecule has 0 saturated heterocycles. The second-order valence-electron chi connectivity index (χ2n) is 6.13. The number of hydrogen-bond acceptors (Lipinski definition) is 6. The highest BCUT2D eigenvalue weighted by Crippen LogP contribution is 2.19. The average molecular weight is 370 g/mol. The van der Waals surface area contributed by atoms with Crippen LogP contribution in [0.25, 0.3) is 0 Å². The zero-order valence-electron chi connectivity index (χ0n) is 15.9. The number of hydrogen-bond donors (Lipinski definition) is 1. The molecular formula is C19H22N4O4. The number of nitriles is 1. The van der Waals surface area contributed by atoms with Crippen LogP contribution in [0.3, 0.4) is 0 Å². The topological polar surface area (TPSA) is 106 Å². The van der Waals surface area contributed by atoms with Crippen molar-refractivity contribution in [3.05, 3.63) is 41.2 Å². The summed E-state index contributed by atoms with van der Waals surface area (Å²) in [6, 6.07) is 8.35. The van der Waals surface area contributed by atoms with Gasteiger partial charge in [-0.1, -0.05) is 0 Å². The lowest BCUT2D eigenvalue weighted by molar-refractivity contribution is -0.159. The minimum atomic E-state index is -0.997. The molecule has 27 heavy (non-hydrogen) atoms. The first kappa shape index (κ1) is 20.0. The molecule has 0 saturated carbocycles. The fourth-order valence-electron chi connectivity index (χ4n) is 2.36. The van der Waals surface area contributed by atoms with Gasteiger partial charge in [0, 0.05) is 7.05 Å². The lowest BCUT2D eigenvalue weighted by Crippen LogP contribution is -2.35. The first-order valence-electron chi connectivity index (χ1n) is 8.41. The number of carbonyl (C=O) groups is 2. The Morgan fingerprint density at radius 3 is 2.33 bits per heavy atom. The van der Waals surface area contributed by atoms with E-state index in [1.54, 1.807) is 42.9 Å². The Morgan fingerprint density at radius 2 is 1.81 bits per heavy atom. The average Bonchev–Trinajstić information content (AvgIpc) is 2.88. The van der Waals surface area contributed by atoms with Gasteiger partial charge in [-0.3, -0.25) is 9.48 Å². The first-order valence-corrected chi connectivity index (χ1v) is 8.41. The summed E-state index contributed by atoms with van der Waals surface area (Å²) < 4.78 is 12.3. The van der Waals surface area contributed by atoms with Crippen molar-refractivity contribution in [1.29, 1.82) is 5.26 Å². The highest BCUT2D eigenvalue weighted by atomic mass is 16.6. The van der Waals surface area contributed by atoms with Gasteiger partial charge in [0.1, 0.15) is 5.75 Å². The van der Waals surface area contributed by atoms with Crippen molar-refractivity contribution >= 4 is 17.6 Å².